The second kappa shape index (κ2) is 5.41. The maximum Gasteiger partial charge on any atom is 0.143 e. The monoisotopic (exact) mass is 241 g/mol. The standard InChI is InChI=1S/C12H16ClNO2/c1-2-16-12-7-9(13)3-4-11(12)14-10-5-6-15-8-10/h3-4,7,10,14H,2,5-6,8H2,1H3. The lowest BCUT2D eigenvalue weighted by atomic mass is 10.2. The van der Waals surface area contributed by atoms with Gasteiger partial charge >= 0.3 is 0 Å². The van der Waals surface area contributed by atoms with Gasteiger partial charge in [0.05, 0.1) is 24.9 Å². The molecule has 0 spiro atoms. The van der Waals surface area contributed by atoms with Gasteiger partial charge in [0, 0.05) is 17.7 Å². The maximum atomic E-state index is 5.94. The summed E-state index contributed by atoms with van der Waals surface area (Å²) in [6.45, 7) is 4.18. The number of hydrogen-bond acceptors (Lipinski definition) is 3. The fraction of sp³-hybridized carbons (Fsp3) is 0.500. The van der Waals surface area contributed by atoms with Gasteiger partial charge in [-0.1, -0.05) is 11.6 Å². The number of nitrogens with one attached hydrogen (secondary N) is 1. The summed E-state index contributed by atoms with van der Waals surface area (Å²) < 4.78 is 10.9. The Morgan fingerprint density at radius 2 is 2.44 bits per heavy atom. The molecule has 0 saturated carbocycles. The molecule has 4 heteroatoms. The van der Waals surface area contributed by atoms with Crippen LogP contribution in [0.3, 0.4) is 0 Å². The first kappa shape index (κ1) is 11.6. The zero-order valence-corrected chi connectivity index (χ0v) is 10.1. The zero-order valence-electron chi connectivity index (χ0n) is 9.33. The molecule has 1 aromatic rings. The summed E-state index contributed by atoms with van der Waals surface area (Å²) >= 11 is 5.94. The zero-order chi connectivity index (χ0) is 11.4. The highest BCUT2D eigenvalue weighted by molar-refractivity contribution is 6.30. The molecule has 16 heavy (non-hydrogen) atoms. The van der Waals surface area contributed by atoms with Gasteiger partial charge in [-0.2, -0.15) is 0 Å². The largest absolute Gasteiger partial charge is 0.492 e. The van der Waals surface area contributed by atoms with Gasteiger partial charge in [-0.25, -0.2) is 0 Å². The number of ether oxygens (including phenoxy) is 2. The van der Waals surface area contributed by atoms with Crippen molar-refractivity contribution in [3.63, 3.8) is 0 Å². The normalized spacial score (nSPS) is 19.8. The lowest BCUT2D eigenvalue weighted by Gasteiger charge is -2.16. The average molecular weight is 242 g/mol. The van der Waals surface area contributed by atoms with Crippen LogP contribution in [0.5, 0.6) is 5.75 Å². The summed E-state index contributed by atoms with van der Waals surface area (Å²) in [6, 6.07) is 6.03. The topological polar surface area (TPSA) is 30.5 Å². The van der Waals surface area contributed by atoms with E-state index in [9.17, 15) is 0 Å². The van der Waals surface area contributed by atoms with Crippen molar-refractivity contribution in [2.24, 2.45) is 0 Å². The first-order valence-electron chi connectivity index (χ1n) is 5.56. The minimum absolute atomic E-state index is 0.375. The molecule has 1 aliphatic rings. The highest BCUT2D eigenvalue weighted by atomic mass is 35.5. The maximum absolute atomic E-state index is 5.94. The van der Waals surface area contributed by atoms with Crippen molar-refractivity contribution in [3.8, 4) is 5.75 Å². The van der Waals surface area contributed by atoms with Gasteiger partial charge < -0.3 is 14.8 Å². The number of rotatable bonds is 4. The average Bonchev–Trinajstić information content (AvgIpc) is 2.75. The molecule has 0 amide bonds. The molecule has 1 fully saturated rings. The molecule has 1 unspecified atom stereocenters. The molecule has 1 aromatic carbocycles. The number of hydrogen-bond donors (Lipinski definition) is 1. The van der Waals surface area contributed by atoms with Crippen LogP contribution < -0.4 is 10.1 Å². The van der Waals surface area contributed by atoms with Crippen LogP contribution in [0.25, 0.3) is 0 Å². The molecule has 3 nitrogen and oxygen atoms in total. The van der Waals surface area contributed by atoms with Crippen LogP contribution in [0.2, 0.25) is 5.02 Å². The van der Waals surface area contributed by atoms with Crippen molar-refractivity contribution in [2.75, 3.05) is 25.1 Å². The van der Waals surface area contributed by atoms with Crippen molar-refractivity contribution < 1.29 is 9.47 Å². The summed E-state index contributed by atoms with van der Waals surface area (Å²) in [4.78, 5) is 0. The molecule has 0 bridgehead atoms. The Kier molecular flexibility index (Phi) is 3.91. The van der Waals surface area contributed by atoms with Crippen molar-refractivity contribution >= 4 is 17.3 Å². The predicted molar refractivity (Wildman–Crippen MR) is 65.5 cm³/mol. The molecule has 1 saturated heterocycles. The van der Waals surface area contributed by atoms with E-state index in [1.54, 1.807) is 0 Å². The summed E-state index contributed by atoms with van der Waals surface area (Å²) in [6.07, 6.45) is 1.04. The third-order valence-corrected chi connectivity index (χ3v) is 2.77. The smallest absolute Gasteiger partial charge is 0.143 e. The Morgan fingerprint density at radius 1 is 1.56 bits per heavy atom. The Balaban J connectivity index is 2.11. The summed E-state index contributed by atoms with van der Waals surface area (Å²) in [5.74, 6) is 0.807. The molecule has 0 radical (unpaired) electrons. The molecule has 1 aliphatic heterocycles. The van der Waals surface area contributed by atoms with Crippen molar-refractivity contribution in [3.05, 3.63) is 23.2 Å². The second-order valence-corrected chi connectivity index (χ2v) is 4.21. The van der Waals surface area contributed by atoms with E-state index >= 15 is 0 Å². The lowest BCUT2D eigenvalue weighted by molar-refractivity contribution is 0.195. The molecule has 1 N–H and O–H groups in total. The van der Waals surface area contributed by atoms with Gasteiger partial charge in [0.1, 0.15) is 5.75 Å². The van der Waals surface area contributed by atoms with Crippen LogP contribution in [-0.4, -0.2) is 25.9 Å². The molecule has 88 valence electrons. The van der Waals surface area contributed by atoms with E-state index in [1.807, 2.05) is 25.1 Å². The molecule has 1 heterocycles. The Morgan fingerprint density at radius 3 is 3.12 bits per heavy atom. The fourth-order valence-corrected chi connectivity index (χ4v) is 1.92. The summed E-state index contributed by atoms with van der Waals surface area (Å²) in [7, 11) is 0. The fourth-order valence-electron chi connectivity index (χ4n) is 1.76. The minimum atomic E-state index is 0.375. The lowest BCUT2D eigenvalue weighted by Crippen LogP contribution is -2.19. The number of benzene rings is 1. The Labute approximate surface area is 101 Å². The summed E-state index contributed by atoms with van der Waals surface area (Å²) in [5, 5.41) is 4.10. The Hall–Kier alpha value is -0.930. The Bertz CT molecular complexity index is 351. The van der Waals surface area contributed by atoms with E-state index in [0.29, 0.717) is 17.7 Å². The van der Waals surface area contributed by atoms with Gasteiger partial charge in [0.25, 0.3) is 0 Å². The highest BCUT2D eigenvalue weighted by Gasteiger charge is 2.16. The molecule has 0 aromatic heterocycles. The van der Waals surface area contributed by atoms with Crippen molar-refractivity contribution in [2.45, 2.75) is 19.4 Å². The first-order chi connectivity index (χ1) is 7.79. The number of halogens is 1. The third kappa shape index (κ3) is 2.80. The molecular weight excluding hydrogens is 226 g/mol. The molecular formula is C12H16ClNO2. The first-order valence-corrected chi connectivity index (χ1v) is 5.94. The van der Waals surface area contributed by atoms with Gasteiger partial charge in [-0.3, -0.25) is 0 Å². The van der Waals surface area contributed by atoms with Gasteiger partial charge in [0.15, 0.2) is 0 Å². The van der Waals surface area contributed by atoms with Gasteiger partial charge in [-0.05, 0) is 25.5 Å². The molecule has 0 aliphatic carbocycles. The second-order valence-electron chi connectivity index (χ2n) is 3.78. The van der Waals surface area contributed by atoms with E-state index in [1.165, 1.54) is 0 Å². The van der Waals surface area contributed by atoms with Crippen LogP contribution in [0, 0.1) is 0 Å². The van der Waals surface area contributed by atoms with Crippen LogP contribution in [0.4, 0.5) is 5.69 Å². The minimum Gasteiger partial charge on any atom is -0.492 e. The van der Waals surface area contributed by atoms with E-state index in [2.05, 4.69) is 5.32 Å². The quantitative estimate of drug-likeness (QED) is 0.879. The van der Waals surface area contributed by atoms with Crippen LogP contribution in [0.15, 0.2) is 18.2 Å². The predicted octanol–water partition coefficient (Wildman–Crippen LogP) is 2.94. The van der Waals surface area contributed by atoms with Crippen LogP contribution in [0.1, 0.15) is 13.3 Å². The van der Waals surface area contributed by atoms with Gasteiger partial charge in [-0.15, -0.1) is 0 Å². The summed E-state index contributed by atoms with van der Waals surface area (Å²) in [5.41, 5.74) is 0.988. The van der Waals surface area contributed by atoms with Crippen molar-refractivity contribution in [1.82, 2.24) is 0 Å². The van der Waals surface area contributed by atoms with Gasteiger partial charge in [0.2, 0.25) is 0 Å². The highest BCUT2D eigenvalue weighted by Crippen LogP contribution is 2.29. The molecule has 2 rings (SSSR count). The number of anilines is 1. The third-order valence-electron chi connectivity index (χ3n) is 2.53. The van der Waals surface area contributed by atoms with Crippen LogP contribution in [-0.2, 0) is 4.74 Å². The molecule has 1 atom stereocenters. The van der Waals surface area contributed by atoms with E-state index in [4.69, 9.17) is 21.1 Å². The van der Waals surface area contributed by atoms with Crippen molar-refractivity contribution in [1.29, 1.82) is 0 Å². The van der Waals surface area contributed by atoms with E-state index < -0.39 is 0 Å². The van der Waals surface area contributed by atoms with E-state index in [-0.39, 0.29) is 0 Å². The van der Waals surface area contributed by atoms with E-state index in [0.717, 1.165) is 31.1 Å². The SMILES string of the molecule is CCOc1cc(Cl)ccc1NC1CCOC1. The van der Waals surface area contributed by atoms with Crippen LogP contribution >= 0.6 is 11.6 Å².